The molecule has 0 aliphatic carbocycles. The van der Waals surface area contributed by atoms with Crippen molar-refractivity contribution in [3.05, 3.63) is 46.5 Å². The SMILES string of the molecule is C/C=C/CCNC(C)Cc1ccc(Br)cc1. The first-order valence-electron chi connectivity index (χ1n) is 5.81. The van der Waals surface area contributed by atoms with E-state index in [2.05, 4.69) is 71.5 Å². The molecule has 1 N–H and O–H groups in total. The first-order valence-corrected chi connectivity index (χ1v) is 6.60. The minimum absolute atomic E-state index is 0.534. The molecule has 0 saturated carbocycles. The second kappa shape index (κ2) is 7.64. The zero-order valence-corrected chi connectivity index (χ0v) is 11.6. The van der Waals surface area contributed by atoms with Gasteiger partial charge in [-0.3, -0.25) is 0 Å². The van der Waals surface area contributed by atoms with Crippen molar-refractivity contribution in [1.82, 2.24) is 5.32 Å². The van der Waals surface area contributed by atoms with E-state index in [0.717, 1.165) is 23.9 Å². The molecule has 1 atom stereocenters. The van der Waals surface area contributed by atoms with Gasteiger partial charge in [-0.1, -0.05) is 40.2 Å². The van der Waals surface area contributed by atoms with Gasteiger partial charge in [0, 0.05) is 10.5 Å². The van der Waals surface area contributed by atoms with Crippen molar-refractivity contribution in [1.29, 1.82) is 0 Å². The molecule has 0 spiro atoms. The second-order valence-corrected chi connectivity index (χ2v) is 4.96. The van der Waals surface area contributed by atoms with Crippen LogP contribution in [0.1, 0.15) is 25.8 Å². The average molecular weight is 282 g/mol. The summed E-state index contributed by atoms with van der Waals surface area (Å²) in [4.78, 5) is 0. The van der Waals surface area contributed by atoms with E-state index in [1.54, 1.807) is 0 Å². The van der Waals surface area contributed by atoms with Crippen molar-refractivity contribution in [2.45, 2.75) is 32.7 Å². The molecule has 1 aromatic rings. The molecule has 0 aromatic heterocycles. The zero-order valence-electron chi connectivity index (χ0n) is 10.0. The molecule has 88 valence electrons. The Morgan fingerprint density at radius 2 is 2.00 bits per heavy atom. The van der Waals surface area contributed by atoms with Gasteiger partial charge in [-0.2, -0.15) is 0 Å². The monoisotopic (exact) mass is 281 g/mol. The minimum atomic E-state index is 0.534. The molecular formula is C14H20BrN. The summed E-state index contributed by atoms with van der Waals surface area (Å²) >= 11 is 3.45. The molecule has 0 radical (unpaired) electrons. The van der Waals surface area contributed by atoms with Crippen LogP contribution in [0.15, 0.2) is 40.9 Å². The van der Waals surface area contributed by atoms with E-state index >= 15 is 0 Å². The fourth-order valence-corrected chi connectivity index (χ4v) is 1.89. The lowest BCUT2D eigenvalue weighted by Gasteiger charge is -2.13. The van der Waals surface area contributed by atoms with Crippen molar-refractivity contribution in [2.75, 3.05) is 6.54 Å². The summed E-state index contributed by atoms with van der Waals surface area (Å²) < 4.78 is 1.14. The minimum Gasteiger partial charge on any atom is -0.314 e. The van der Waals surface area contributed by atoms with Gasteiger partial charge < -0.3 is 5.32 Å². The van der Waals surface area contributed by atoms with Gasteiger partial charge in [-0.25, -0.2) is 0 Å². The van der Waals surface area contributed by atoms with E-state index in [1.165, 1.54) is 5.56 Å². The van der Waals surface area contributed by atoms with Crippen LogP contribution in [0, 0.1) is 0 Å². The van der Waals surface area contributed by atoms with Crippen molar-refractivity contribution >= 4 is 15.9 Å². The molecule has 0 bridgehead atoms. The van der Waals surface area contributed by atoms with Crippen molar-refractivity contribution < 1.29 is 0 Å². The zero-order chi connectivity index (χ0) is 11.8. The maximum absolute atomic E-state index is 3.52. The number of allylic oxidation sites excluding steroid dienone is 1. The van der Waals surface area contributed by atoms with Gasteiger partial charge in [0.05, 0.1) is 0 Å². The quantitative estimate of drug-likeness (QED) is 0.615. The smallest absolute Gasteiger partial charge is 0.0175 e. The number of nitrogens with one attached hydrogen (secondary N) is 1. The second-order valence-electron chi connectivity index (χ2n) is 4.04. The van der Waals surface area contributed by atoms with Crippen LogP contribution in [0.3, 0.4) is 0 Å². The van der Waals surface area contributed by atoms with E-state index in [4.69, 9.17) is 0 Å². The molecule has 0 fully saturated rings. The van der Waals surface area contributed by atoms with E-state index in [-0.39, 0.29) is 0 Å². The molecule has 0 amide bonds. The van der Waals surface area contributed by atoms with Gasteiger partial charge in [0.15, 0.2) is 0 Å². The Balaban J connectivity index is 2.28. The van der Waals surface area contributed by atoms with Crippen LogP contribution in [0.5, 0.6) is 0 Å². The first-order chi connectivity index (χ1) is 7.72. The highest BCUT2D eigenvalue weighted by atomic mass is 79.9. The number of hydrogen-bond donors (Lipinski definition) is 1. The normalized spacial score (nSPS) is 13.2. The molecule has 0 aliphatic heterocycles. The molecule has 0 saturated heterocycles. The fourth-order valence-electron chi connectivity index (χ4n) is 1.63. The summed E-state index contributed by atoms with van der Waals surface area (Å²) in [5, 5.41) is 3.52. The predicted molar refractivity (Wildman–Crippen MR) is 74.7 cm³/mol. The van der Waals surface area contributed by atoms with Crippen molar-refractivity contribution in [3.8, 4) is 0 Å². The van der Waals surface area contributed by atoms with Crippen molar-refractivity contribution in [3.63, 3.8) is 0 Å². The Morgan fingerprint density at radius 1 is 1.31 bits per heavy atom. The van der Waals surface area contributed by atoms with Crippen LogP contribution in [0.2, 0.25) is 0 Å². The number of rotatable bonds is 6. The van der Waals surface area contributed by atoms with Crippen molar-refractivity contribution in [2.24, 2.45) is 0 Å². The van der Waals surface area contributed by atoms with Gasteiger partial charge in [0.2, 0.25) is 0 Å². The summed E-state index contributed by atoms with van der Waals surface area (Å²) in [6, 6.07) is 9.08. The Kier molecular flexibility index (Phi) is 6.43. The highest BCUT2D eigenvalue weighted by Gasteiger charge is 2.01. The predicted octanol–water partition coefficient (Wildman–Crippen LogP) is 3.94. The third-order valence-electron chi connectivity index (χ3n) is 2.49. The third kappa shape index (κ3) is 5.47. The van der Waals surface area contributed by atoms with Gasteiger partial charge in [0.25, 0.3) is 0 Å². The lowest BCUT2D eigenvalue weighted by molar-refractivity contribution is 0.551. The molecule has 1 nitrogen and oxygen atoms in total. The number of benzene rings is 1. The Morgan fingerprint density at radius 3 is 2.62 bits per heavy atom. The Bertz CT molecular complexity index is 316. The van der Waals surface area contributed by atoms with E-state index in [1.807, 2.05) is 0 Å². The summed E-state index contributed by atoms with van der Waals surface area (Å²) in [6.07, 6.45) is 6.49. The molecule has 16 heavy (non-hydrogen) atoms. The van der Waals surface area contributed by atoms with E-state index in [0.29, 0.717) is 6.04 Å². The molecule has 1 aromatic carbocycles. The van der Waals surface area contributed by atoms with Crippen LogP contribution in [0.4, 0.5) is 0 Å². The summed E-state index contributed by atoms with van der Waals surface area (Å²) in [5.41, 5.74) is 1.38. The first kappa shape index (κ1) is 13.5. The average Bonchev–Trinajstić information content (AvgIpc) is 2.28. The molecule has 1 unspecified atom stereocenters. The largest absolute Gasteiger partial charge is 0.314 e. The molecule has 0 heterocycles. The molecule has 1 rings (SSSR count). The molecule has 2 heteroatoms. The highest BCUT2D eigenvalue weighted by molar-refractivity contribution is 9.10. The van der Waals surface area contributed by atoms with Gasteiger partial charge in [-0.15, -0.1) is 0 Å². The van der Waals surface area contributed by atoms with Gasteiger partial charge in [0.1, 0.15) is 0 Å². The lowest BCUT2D eigenvalue weighted by atomic mass is 10.1. The highest BCUT2D eigenvalue weighted by Crippen LogP contribution is 2.11. The third-order valence-corrected chi connectivity index (χ3v) is 3.02. The van der Waals surface area contributed by atoms with Crippen LogP contribution in [-0.4, -0.2) is 12.6 Å². The maximum Gasteiger partial charge on any atom is 0.0175 e. The summed E-state index contributed by atoms with van der Waals surface area (Å²) in [5.74, 6) is 0. The summed E-state index contributed by atoms with van der Waals surface area (Å²) in [7, 11) is 0. The maximum atomic E-state index is 3.52. The number of halogens is 1. The number of hydrogen-bond acceptors (Lipinski definition) is 1. The Hall–Kier alpha value is -0.600. The van der Waals surface area contributed by atoms with E-state index in [9.17, 15) is 0 Å². The van der Waals surface area contributed by atoms with Crippen LogP contribution >= 0.6 is 15.9 Å². The fraction of sp³-hybridized carbons (Fsp3) is 0.429. The standard InChI is InChI=1S/C14H20BrN/c1-3-4-5-10-16-12(2)11-13-6-8-14(15)9-7-13/h3-4,6-9,12,16H,5,10-11H2,1-2H3/b4-3+. The molecular weight excluding hydrogens is 262 g/mol. The van der Waals surface area contributed by atoms with Crippen LogP contribution < -0.4 is 5.32 Å². The van der Waals surface area contributed by atoms with Gasteiger partial charge in [-0.05, 0) is 50.9 Å². The molecule has 0 aliphatic rings. The summed E-state index contributed by atoms with van der Waals surface area (Å²) in [6.45, 7) is 5.35. The topological polar surface area (TPSA) is 12.0 Å². The van der Waals surface area contributed by atoms with Crippen LogP contribution in [0.25, 0.3) is 0 Å². The lowest BCUT2D eigenvalue weighted by Crippen LogP contribution is -2.28. The Labute approximate surface area is 107 Å². The van der Waals surface area contributed by atoms with E-state index < -0.39 is 0 Å². The van der Waals surface area contributed by atoms with Crippen LogP contribution in [-0.2, 0) is 6.42 Å². The van der Waals surface area contributed by atoms with Gasteiger partial charge >= 0.3 is 0 Å².